The third-order valence-electron chi connectivity index (χ3n) is 7.40. The van der Waals surface area contributed by atoms with Gasteiger partial charge in [0.2, 0.25) is 11.8 Å². The van der Waals surface area contributed by atoms with Gasteiger partial charge in [0.05, 0.1) is 21.2 Å². The standard InChI is InChI=1S/C35H34BrClF3N3O4S/c1-23(2)41-34(45)32(19-25-7-5-4-6-8-25)42(21-26-11-13-27(36)14-12-26)33(44)22-43(48(46,47)29-16-9-24(3)10-17-29)28-15-18-31(37)30(20-28)35(38,39)40/h4-18,20,23,32H,19,21-22H2,1-3H3,(H,41,45)/t32-/m1/s1. The van der Waals surface area contributed by atoms with Crippen LogP contribution in [-0.2, 0) is 38.8 Å². The molecule has 13 heteroatoms. The zero-order valence-electron chi connectivity index (χ0n) is 26.3. The molecule has 0 radical (unpaired) electrons. The molecule has 0 heterocycles. The van der Waals surface area contributed by atoms with Crippen LogP contribution in [0.15, 0.2) is 106 Å². The first-order valence-electron chi connectivity index (χ1n) is 14.9. The van der Waals surface area contributed by atoms with Crippen LogP contribution in [0.5, 0.6) is 0 Å². The number of halogens is 5. The maximum atomic E-state index is 14.5. The second kappa shape index (κ2) is 15.6. The highest BCUT2D eigenvalue weighted by atomic mass is 79.9. The Morgan fingerprint density at radius 1 is 0.896 bits per heavy atom. The number of alkyl halides is 3. The van der Waals surface area contributed by atoms with E-state index in [2.05, 4.69) is 21.2 Å². The smallest absolute Gasteiger partial charge is 0.352 e. The number of amides is 2. The van der Waals surface area contributed by atoms with E-state index in [-0.39, 0.29) is 23.9 Å². The maximum Gasteiger partial charge on any atom is 0.417 e. The molecule has 2 amide bonds. The molecule has 0 aliphatic rings. The molecule has 4 aromatic carbocycles. The van der Waals surface area contributed by atoms with Gasteiger partial charge in [0, 0.05) is 23.5 Å². The monoisotopic (exact) mass is 763 g/mol. The molecule has 0 spiro atoms. The summed E-state index contributed by atoms with van der Waals surface area (Å²) in [4.78, 5) is 29.3. The van der Waals surface area contributed by atoms with Crippen molar-refractivity contribution in [2.75, 3.05) is 10.8 Å². The molecule has 0 unspecified atom stereocenters. The average molecular weight is 765 g/mol. The van der Waals surface area contributed by atoms with E-state index in [9.17, 15) is 31.2 Å². The van der Waals surface area contributed by atoms with Gasteiger partial charge in [0.15, 0.2) is 0 Å². The number of hydrogen-bond donors (Lipinski definition) is 1. The minimum Gasteiger partial charge on any atom is -0.352 e. The van der Waals surface area contributed by atoms with Crippen molar-refractivity contribution in [3.8, 4) is 0 Å². The topological polar surface area (TPSA) is 86.8 Å². The summed E-state index contributed by atoms with van der Waals surface area (Å²) in [5.74, 6) is -1.28. The van der Waals surface area contributed by atoms with Gasteiger partial charge in [-0.1, -0.05) is 87.7 Å². The zero-order chi connectivity index (χ0) is 35.2. The van der Waals surface area contributed by atoms with Crippen molar-refractivity contribution in [2.45, 2.75) is 56.9 Å². The number of benzene rings is 4. The molecule has 0 aromatic heterocycles. The highest BCUT2D eigenvalue weighted by Gasteiger charge is 2.37. The molecule has 254 valence electrons. The number of carbonyl (C=O) groups excluding carboxylic acids is 2. The molecule has 0 fully saturated rings. The molecule has 4 rings (SSSR count). The van der Waals surface area contributed by atoms with Crippen molar-refractivity contribution in [1.29, 1.82) is 0 Å². The van der Waals surface area contributed by atoms with Gasteiger partial charge in [0.1, 0.15) is 12.6 Å². The highest BCUT2D eigenvalue weighted by Crippen LogP contribution is 2.38. The fourth-order valence-corrected chi connectivity index (χ4v) is 6.87. The van der Waals surface area contributed by atoms with E-state index in [0.717, 1.165) is 27.7 Å². The first-order valence-corrected chi connectivity index (χ1v) is 17.5. The van der Waals surface area contributed by atoms with Crippen LogP contribution < -0.4 is 9.62 Å². The van der Waals surface area contributed by atoms with Crippen LogP contribution in [0.2, 0.25) is 5.02 Å². The van der Waals surface area contributed by atoms with Crippen LogP contribution in [0.4, 0.5) is 18.9 Å². The maximum absolute atomic E-state index is 14.5. The lowest BCUT2D eigenvalue weighted by Gasteiger charge is -2.34. The van der Waals surface area contributed by atoms with Gasteiger partial charge < -0.3 is 10.2 Å². The van der Waals surface area contributed by atoms with Gasteiger partial charge in [-0.05, 0) is 74.4 Å². The molecule has 0 saturated heterocycles. The van der Waals surface area contributed by atoms with Crippen molar-refractivity contribution in [3.63, 3.8) is 0 Å². The Morgan fingerprint density at radius 2 is 1.52 bits per heavy atom. The molecular formula is C35H34BrClF3N3O4S. The Hall–Kier alpha value is -3.87. The van der Waals surface area contributed by atoms with Crippen LogP contribution in [0.25, 0.3) is 0 Å². The van der Waals surface area contributed by atoms with Crippen molar-refractivity contribution < 1.29 is 31.2 Å². The van der Waals surface area contributed by atoms with Gasteiger partial charge >= 0.3 is 6.18 Å². The number of hydrogen-bond acceptors (Lipinski definition) is 4. The van der Waals surface area contributed by atoms with E-state index in [1.54, 1.807) is 81.4 Å². The number of nitrogens with zero attached hydrogens (tertiary/aromatic N) is 2. The van der Waals surface area contributed by atoms with Crippen molar-refractivity contribution >= 4 is 55.1 Å². The lowest BCUT2D eigenvalue weighted by molar-refractivity contribution is -0.140. The minimum atomic E-state index is -4.90. The lowest BCUT2D eigenvalue weighted by atomic mass is 10.0. The Labute approximate surface area is 291 Å². The predicted molar refractivity (Wildman–Crippen MR) is 184 cm³/mol. The first-order chi connectivity index (χ1) is 22.6. The van der Waals surface area contributed by atoms with Crippen LogP contribution in [0.3, 0.4) is 0 Å². The molecule has 0 saturated carbocycles. The van der Waals surface area contributed by atoms with Gasteiger partial charge in [-0.3, -0.25) is 13.9 Å². The van der Waals surface area contributed by atoms with Crippen LogP contribution in [0.1, 0.15) is 36.1 Å². The molecule has 0 bridgehead atoms. The van der Waals surface area contributed by atoms with Gasteiger partial charge in [0.25, 0.3) is 10.0 Å². The molecular weight excluding hydrogens is 731 g/mol. The normalized spacial score (nSPS) is 12.4. The number of sulfonamides is 1. The number of carbonyl (C=O) groups is 2. The van der Waals surface area contributed by atoms with E-state index in [1.807, 2.05) is 6.07 Å². The summed E-state index contributed by atoms with van der Waals surface area (Å²) >= 11 is 9.26. The molecule has 1 atom stereocenters. The largest absolute Gasteiger partial charge is 0.417 e. The second-order valence-corrected chi connectivity index (χ2v) is 14.7. The quantitative estimate of drug-likeness (QED) is 0.160. The molecule has 48 heavy (non-hydrogen) atoms. The molecule has 0 aliphatic heterocycles. The Balaban J connectivity index is 1.86. The fourth-order valence-electron chi connectivity index (χ4n) is 4.97. The van der Waals surface area contributed by atoms with Crippen molar-refractivity contribution in [2.24, 2.45) is 0 Å². The van der Waals surface area contributed by atoms with E-state index in [1.165, 1.54) is 17.0 Å². The fraction of sp³-hybridized carbons (Fsp3) is 0.257. The van der Waals surface area contributed by atoms with Crippen LogP contribution >= 0.6 is 27.5 Å². The summed E-state index contributed by atoms with van der Waals surface area (Å²) in [6.07, 6.45) is -4.81. The van der Waals surface area contributed by atoms with Crippen molar-refractivity contribution in [3.05, 3.63) is 129 Å². The lowest BCUT2D eigenvalue weighted by Crippen LogP contribution is -2.54. The summed E-state index contributed by atoms with van der Waals surface area (Å²) < 4.78 is 71.5. The minimum absolute atomic E-state index is 0.0888. The van der Waals surface area contributed by atoms with E-state index in [0.29, 0.717) is 15.9 Å². The number of aryl methyl sites for hydroxylation is 1. The van der Waals surface area contributed by atoms with Crippen LogP contribution in [-0.4, -0.2) is 43.8 Å². The third-order valence-corrected chi connectivity index (χ3v) is 10.0. The Kier molecular flexibility index (Phi) is 12.0. The molecule has 4 aromatic rings. The van der Waals surface area contributed by atoms with Gasteiger partial charge in [-0.2, -0.15) is 13.2 Å². The van der Waals surface area contributed by atoms with E-state index >= 15 is 0 Å². The highest BCUT2D eigenvalue weighted by molar-refractivity contribution is 9.10. The Bertz CT molecular complexity index is 1840. The summed E-state index contributed by atoms with van der Waals surface area (Å²) in [6, 6.07) is 23.0. The second-order valence-electron chi connectivity index (χ2n) is 11.5. The summed E-state index contributed by atoms with van der Waals surface area (Å²) in [7, 11) is -4.61. The number of nitrogens with one attached hydrogen (secondary N) is 1. The average Bonchev–Trinajstić information content (AvgIpc) is 3.02. The van der Waals surface area contributed by atoms with Crippen LogP contribution in [0, 0.1) is 6.92 Å². The molecule has 0 aliphatic carbocycles. The zero-order valence-corrected chi connectivity index (χ0v) is 29.5. The SMILES string of the molecule is Cc1ccc(S(=O)(=O)N(CC(=O)N(Cc2ccc(Br)cc2)[C@H](Cc2ccccc2)C(=O)NC(C)C)c2ccc(Cl)c(C(F)(F)F)c2)cc1. The Morgan fingerprint density at radius 3 is 2.10 bits per heavy atom. The summed E-state index contributed by atoms with van der Waals surface area (Å²) in [5.41, 5.74) is 0.453. The first kappa shape index (κ1) is 37.0. The molecule has 7 nitrogen and oxygen atoms in total. The van der Waals surface area contributed by atoms with Crippen molar-refractivity contribution in [1.82, 2.24) is 10.2 Å². The molecule has 1 N–H and O–H groups in total. The number of rotatable bonds is 12. The van der Waals surface area contributed by atoms with Gasteiger partial charge in [-0.25, -0.2) is 8.42 Å². The third kappa shape index (κ3) is 9.39. The van der Waals surface area contributed by atoms with E-state index in [4.69, 9.17) is 11.6 Å². The van der Waals surface area contributed by atoms with Gasteiger partial charge in [-0.15, -0.1) is 0 Å². The summed E-state index contributed by atoms with van der Waals surface area (Å²) in [6.45, 7) is 4.29. The van der Waals surface area contributed by atoms with E-state index < -0.39 is 56.9 Å². The number of anilines is 1. The summed E-state index contributed by atoms with van der Waals surface area (Å²) in [5, 5.41) is 2.23. The predicted octanol–water partition coefficient (Wildman–Crippen LogP) is 7.79.